The molecule has 0 aliphatic carbocycles. The fourth-order valence-electron chi connectivity index (χ4n) is 4.52. The molecule has 0 aliphatic rings. The maximum absolute atomic E-state index is 11.0. The molecule has 0 heterocycles. The van der Waals surface area contributed by atoms with E-state index in [1.807, 2.05) is 19.9 Å². The SMILES string of the molecule is CCCC[C@H](O)[C@H](O)C=CC(Cc1cccc(O)c1)=C(CCCC[C@H](CCC(=O)O)NCC)C[C@H](O)CO. The molecule has 8 heteroatoms. The highest BCUT2D eigenvalue weighted by Crippen LogP contribution is 2.25. The van der Waals surface area contributed by atoms with Gasteiger partial charge < -0.3 is 36.0 Å². The smallest absolute Gasteiger partial charge is 0.303 e. The number of aliphatic hydroxyl groups excluding tert-OH is 4. The minimum absolute atomic E-state index is 0.122. The predicted molar refractivity (Wildman–Crippen MR) is 150 cm³/mol. The van der Waals surface area contributed by atoms with Crippen molar-refractivity contribution in [3.8, 4) is 5.75 Å². The van der Waals surface area contributed by atoms with Crippen LogP contribution >= 0.6 is 0 Å². The van der Waals surface area contributed by atoms with Crippen molar-refractivity contribution in [1.82, 2.24) is 5.32 Å². The number of aromatic hydroxyl groups is 1. The third-order valence-corrected chi connectivity index (χ3v) is 6.67. The molecule has 0 aliphatic heterocycles. The number of nitrogens with one attached hydrogen (secondary N) is 1. The number of unbranched alkanes of at least 4 members (excludes halogenated alkanes) is 2. The van der Waals surface area contributed by atoms with Crippen LogP contribution in [-0.4, -0.2) is 74.1 Å². The molecular weight excluding hydrogens is 486 g/mol. The summed E-state index contributed by atoms with van der Waals surface area (Å²) in [6.45, 7) is 4.42. The van der Waals surface area contributed by atoms with E-state index in [0.717, 1.165) is 55.4 Å². The van der Waals surface area contributed by atoms with Crippen LogP contribution in [0.4, 0.5) is 0 Å². The van der Waals surface area contributed by atoms with Gasteiger partial charge in [0.15, 0.2) is 0 Å². The van der Waals surface area contributed by atoms with Gasteiger partial charge in [0.05, 0.1) is 24.9 Å². The lowest BCUT2D eigenvalue weighted by molar-refractivity contribution is -0.137. The largest absolute Gasteiger partial charge is 0.508 e. The highest BCUT2D eigenvalue weighted by molar-refractivity contribution is 5.66. The molecular formula is C30H49NO7. The Labute approximate surface area is 227 Å². The van der Waals surface area contributed by atoms with Crippen molar-refractivity contribution < 1.29 is 35.4 Å². The number of phenolic OH excluding ortho intramolecular Hbond substituents is 1. The number of allylic oxidation sites excluding steroid dienone is 2. The van der Waals surface area contributed by atoms with Gasteiger partial charge in [0.1, 0.15) is 5.75 Å². The van der Waals surface area contributed by atoms with Crippen LogP contribution in [0.1, 0.15) is 83.6 Å². The van der Waals surface area contributed by atoms with Gasteiger partial charge in [-0.2, -0.15) is 0 Å². The fraction of sp³-hybridized carbons (Fsp3) is 0.633. The monoisotopic (exact) mass is 535 g/mol. The Morgan fingerprint density at radius 3 is 2.42 bits per heavy atom. The van der Waals surface area contributed by atoms with Crippen LogP contribution in [0.25, 0.3) is 0 Å². The van der Waals surface area contributed by atoms with Crippen LogP contribution in [0.5, 0.6) is 5.75 Å². The first kappa shape index (κ1) is 33.8. The summed E-state index contributed by atoms with van der Waals surface area (Å²) < 4.78 is 0. The predicted octanol–water partition coefficient (Wildman–Crippen LogP) is 3.85. The van der Waals surface area contributed by atoms with Gasteiger partial charge in [-0.15, -0.1) is 0 Å². The molecule has 216 valence electrons. The lowest BCUT2D eigenvalue weighted by Crippen LogP contribution is -2.29. The average molecular weight is 536 g/mol. The number of carboxylic acids is 1. The first-order chi connectivity index (χ1) is 18.2. The van der Waals surface area contributed by atoms with E-state index in [4.69, 9.17) is 5.11 Å². The number of phenols is 1. The van der Waals surface area contributed by atoms with E-state index in [2.05, 4.69) is 5.32 Å². The minimum atomic E-state index is -1.03. The standard InChI is InChI=1S/C30H49NO7/c1-3-5-13-28(35)29(36)16-14-24(18-22-9-8-12-26(33)19-22)23(20-27(34)21-32)10-6-7-11-25(31-4-2)15-17-30(37)38/h8-9,12,14,16,19,25,27-29,31-36H,3-7,10-11,13,15,17-18,20-21H2,1-2H3,(H,37,38)/t25-,27+,28+,29-/m1/s1. The zero-order valence-corrected chi connectivity index (χ0v) is 23.1. The molecule has 0 saturated carbocycles. The van der Waals surface area contributed by atoms with Crippen LogP contribution in [0.2, 0.25) is 0 Å². The summed E-state index contributed by atoms with van der Waals surface area (Å²) in [5, 5.41) is 62.9. The highest BCUT2D eigenvalue weighted by atomic mass is 16.4. The fourth-order valence-corrected chi connectivity index (χ4v) is 4.52. The number of aliphatic hydroxyl groups is 4. The van der Waals surface area contributed by atoms with Crippen molar-refractivity contribution in [1.29, 1.82) is 0 Å². The number of carbonyl (C=O) groups is 1. The summed E-state index contributed by atoms with van der Waals surface area (Å²) in [5.74, 6) is -0.657. The van der Waals surface area contributed by atoms with Crippen LogP contribution in [0, 0.1) is 0 Å². The summed E-state index contributed by atoms with van der Waals surface area (Å²) in [6, 6.07) is 7.04. The number of aliphatic carboxylic acids is 1. The molecule has 0 aromatic heterocycles. The molecule has 1 rings (SSSR count). The molecule has 7 N–H and O–H groups in total. The summed E-state index contributed by atoms with van der Waals surface area (Å²) in [4.78, 5) is 11.0. The number of carboxylic acid groups (broad SMARTS) is 1. The normalized spacial score (nSPS) is 15.7. The molecule has 0 fully saturated rings. The van der Waals surface area contributed by atoms with Crippen molar-refractivity contribution in [3.63, 3.8) is 0 Å². The topological polar surface area (TPSA) is 150 Å². The van der Waals surface area contributed by atoms with E-state index in [-0.39, 0.29) is 31.2 Å². The van der Waals surface area contributed by atoms with Crippen LogP contribution in [-0.2, 0) is 11.2 Å². The first-order valence-electron chi connectivity index (χ1n) is 14.0. The number of hydrogen-bond donors (Lipinski definition) is 7. The number of hydrogen-bond acceptors (Lipinski definition) is 7. The second kappa shape index (κ2) is 19.8. The molecule has 1 aromatic carbocycles. The summed E-state index contributed by atoms with van der Waals surface area (Å²) in [5.41, 5.74) is 2.66. The molecule has 0 saturated heterocycles. The van der Waals surface area contributed by atoms with Crippen molar-refractivity contribution in [2.45, 2.75) is 109 Å². The van der Waals surface area contributed by atoms with Gasteiger partial charge in [-0.25, -0.2) is 0 Å². The maximum Gasteiger partial charge on any atom is 0.303 e. The van der Waals surface area contributed by atoms with E-state index in [0.29, 0.717) is 25.7 Å². The van der Waals surface area contributed by atoms with E-state index in [9.17, 15) is 30.3 Å². The van der Waals surface area contributed by atoms with Gasteiger partial charge in [-0.1, -0.05) is 63.0 Å². The number of benzene rings is 1. The highest BCUT2D eigenvalue weighted by Gasteiger charge is 2.16. The third-order valence-electron chi connectivity index (χ3n) is 6.67. The maximum atomic E-state index is 11.0. The van der Waals surface area contributed by atoms with E-state index in [1.54, 1.807) is 30.4 Å². The molecule has 4 atom stereocenters. The van der Waals surface area contributed by atoms with Crippen molar-refractivity contribution in [2.75, 3.05) is 13.2 Å². The Morgan fingerprint density at radius 1 is 1.03 bits per heavy atom. The van der Waals surface area contributed by atoms with Crippen molar-refractivity contribution >= 4 is 5.97 Å². The molecule has 1 aromatic rings. The number of rotatable bonds is 21. The Morgan fingerprint density at radius 2 is 1.79 bits per heavy atom. The van der Waals surface area contributed by atoms with Gasteiger partial charge in [-0.05, 0) is 74.8 Å². The second-order valence-corrected chi connectivity index (χ2v) is 10.0. The van der Waals surface area contributed by atoms with E-state index < -0.39 is 24.3 Å². The third kappa shape index (κ3) is 14.6. The zero-order chi connectivity index (χ0) is 28.3. The summed E-state index contributed by atoms with van der Waals surface area (Å²) >= 11 is 0. The molecule has 0 radical (unpaired) electrons. The van der Waals surface area contributed by atoms with Gasteiger partial charge in [-0.3, -0.25) is 4.79 Å². The van der Waals surface area contributed by atoms with Gasteiger partial charge in [0, 0.05) is 12.5 Å². The Kier molecular flexibility index (Phi) is 17.6. The van der Waals surface area contributed by atoms with E-state index in [1.165, 1.54) is 0 Å². The van der Waals surface area contributed by atoms with Crippen LogP contribution in [0.15, 0.2) is 47.6 Å². The Bertz CT molecular complexity index is 855. The van der Waals surface area contributed by atoms with Crippen LogP contribution < -0.4 is 5.32 Å². The zero-order valence-electron chi connectivity index (χ0n) is 23.1. The second-order valence-electron chi connectivity index (χ2n) is 10.0. The summed E-state index contributed by atoms with van der Waals surface area (Å²) in [6.07, 6.45) is 7.33. The molecule has 0 spiro atoms. The lowest BCUT2D eigenvalue weighted by atomic mass is 9.91. The van der Waals surface area contributed by atoms with Crippen molar-refractivity contribution in [3.05, 3.63) is 53.1 Å². The van der Waals surface area contributed by atoms with Crippen molar-refractivity contribution in [2.24, 2.45) is 0 Å². The molecule has 0 unspecified atom stereocenters. The van der Waals surface area contributed by atoms with Crippen LogP contribution in [0.3, 0.4) is 0 Å². The van der Waals surface area contributed by atoms with Gasteiger partial charge in [0.25, 0.3) is 0 Å². The van der Waals surface area contributed by atoms with Gasteiger partial charge in [0.2, 0.25) is 0 Å². The summed E-state index contributed by atoms with van der Waals surface area (Å²) in [7, 11) is 0. The Hall–Kier alpha value is -2.23. The Balaban J connectivity index is 3.13. The van der Waals surface area contributed by atoms with Gasteiger partial charge >= 0.3 is 5.97 Å². The molecule has 8 nitrogen and oxygen atoms in total. The average Bonchev–Trinajstić information content (AvgIpc) is 2.89. The lowest BCUT2D eigenvalue weighted by Gasteiger charge is -2.19. The molecule has 0 bridgehead atoms. The minimum Gasteiger partial charge on any atom is -0.508 e. The first-order valence-corrected chi connectivity index (χ1v) is 14.0. The quantitative estimate of drug-likeness (QED) is 0.0927. The molecule has 0 amide bonds. The molecule has 38 heavy (non-hydrogen) atoms. The van der Waals surface area contributed by atoms with E-state index >= 15 is 0 Å².